The number of carbonyl (C=O) groups excluding carboxylic acids is 1. The second-order valence-electron chi connectivity index (χ2n) is 3.96. The van der Waals surface area contributed by atoms with Crippen LogP contribution in [0.2, 0.25) is 0 Å². The van der Waals surface area contributed by atoms with Gasteiger partial charge in [0, 0.05) is 6.42 Å². The fourth-order valence-corrected chi connectivity index (χ4v) is 2.42. The van der Waals surface area contributed by atoms with Crippen LogP contribution < -0.4 is 0 Å². The molecule has 0 spiro atoms. The summed E-state index contributed by atoms with van der Waals surface area (Å²) in [5, 5.41) is 0. The molecule has 1 saturated carbocycles. The van der Waals surface area contributed by atoms with Gasteiger partial charge in [-0.25, -0.2) is 0 Å². The van der Waals surface area contributed by atoms with Gasteiger partial charge in [-0.05, 0) is 30.8 Å². The highest BCUT2D eigenvalue weighted by atomic mass is 16.1. The predicted octanol–water partition coefficient (Wildman–Crippen LogP) is 2.86. The van der Waals surface area contributed by atoms with Crippen LogP contribution in [-0.4, -0.2) is 5.78 Å². The minimum atomic E-state index is 0.432. The van der Waals surface area contributed by atoms with E-state index in [1.165, 1.54) is 37.7 Å². The van der Waals surface area contributed by atoms with Crippen LogP contribution in [-0.2, 0) is 4.79 Å². The molecule has 2 rings (SSSR count). The lowest BCUT2D eigenvalue weighted by atomic mass is 9.83. The van der Waals surface area contributed by atoms with Crippen molar-refractivity contribution in [1.82, 2.24) is 0 Å². The molecule has 1 heteroatoms. The van der Waals surface area contributed by atoms with Gasteiger partial charge in [0.1, 0.15) is 0 Å². The zero-order valence-corrected chi connectivity index (χ0v) is 7.51. The van der Waals surface area contributed by atoms with Gasteiger partial charge in [-0.2, -0.15) is 0 Å². The molecule has 0 aromatic heterocycles. The van der Waals surface area contributed by atoms with Crippen LogP contribution in [0.15, 0.2) is 11.6 Å². The summed E-state index contributed by atoms with van der Waals surface area (Å²) in [6, 6.07) is 0. The van der Waals surface area contributed by atoms with Crippen molar-refractivity contribution in [2.45, 2.75) is 44.9 Å². The molecule has 0 amide bonds. The monoisotopic (exact) mass is 164 g/mol. The van der Waals surface area contributed by atoms with Gasteiger partial charge in [0.05, 0.1) is 0 Å². The van der Waals surface area contributed by atoms with Crippen molar-refractivity contribution in [3.8, 4) is 0 Å². The maximum absolute atomic E-state index is 11.4. The first-order valence-corrected chi connectivity index (χ1v) is 5.11. The highest BCUT2D eigenvalue weighted by Gasteiger charge is 2.24. The van der Waals surface area contributed by atoms with E-state index in [0.717, 1.165) is 12.8 Å². The largest absolute Gasteiger partial charge is 0.295 e. The van der Waals surface area contributed by atoms with E-state index in [9.17, 15) is 4.79 Å². The maximum atomic E-state index is 11.4. The van der Waals surface area contributed by atoms with Crippen LogP contribution >= 0.6 is 0 Å². The van der Waals surface area contributed by atoms with E-state index in [-0.39, 0.29) is 0 Å². The normalized spacial score (nSPS) is 26.0. The molecule has 12 heavy (non-hydrogen) atoms. The Labute approximate surface area is 73.8 Å². The molecule has 0 aromatic rings. The van der Waals surface area contributed by atoms with Gasteiger partial charge in [0.25, 0.3) is 0 Å². The minimum absolute atomic E-state index is 0.432. The minimum Gasteiger partial charge on any atom is -0.295 e. The molecule has 1 fully saturated rings. The molecule has 0 radical (unpaired) electrons. The zero-order valence-electron chi connectivity index (χ0n) is 7.51. The topological polar surface area (TPSA) is 17.1 Å². The van der Waals surface area contributed by atoms with Crippen molar-refractivity contribution in [1.29, 1.82) is 0 Å². The Morgan fingerprint density at radius 1 is 1.17 bits per heavy atom. The van der Waals surface area contributed by atoms with Gasteiger partial charge in [-0.15, -0.1) is 0 Å². The van der Waals surface area contributed by atoms with Crippen molar-refractivity contribution < 1.29 is 4.79 Å². The third-order valence-corrected chi connectivity index (χ3v) is 3.10. The van der Waals surface area contributed by atoms with Crippen molar-refractivity contribution in [3.63, 3.8) is 0 Å². The van der Waals surface area contributed by atoms with Gasteiger partial charge in [0.15, 0.2) is 5.78 Å². The summed E-state index contributed by atoms with van der Waals surface area (Å²) >= 11 is 0. The first kappa shape index (κ1) is 8.03. The maximum Gasteiger partial charge on any atom is 0.159 e. The fourth-order valence-electron chi connectivity index (χ4n) is 2.42. The summed E-state index contributed by atoms with van der Waals surface area (Å²) in [6.45, 7) is 0. The average Bonchev–Trinajstić information content (AvgIpc) is 2.53. The van der Waals surface area contributed by atoms with Crippen LogP contribution in [0.5, 0.6) is 0 Å². The van der Waals surface area contributed by atoms with Crippen LogP contribution in [0.3, 0.4) is 0 Å². The Morgan fingerprint density at radius 3 is 2.50 bits per heavy atom. The second kappa shape index (κ2) is 3.42. The van der Waals surface area contributed by atoms with E-state index in [1.807, 2.05) is 0 Å². The van der Waals surface area contributed by atoms with E-state index in [2.05, 4.69) is 6.08 Å². The second-order valence-corrected chi connectivity index (χ2v) is 3.96. The molecule has 0 saturated heterocycles. The quantitative estimate of drug-likeness (QED) is 0.582. The van der Waals surface area contributed by atoms with E-state index in [4.69, 9.17) is 0 Å². The molecule has 0 unspecified atom stereocenters. The Hall–Kier alpha value is -0.590. The summed E-state index contributed by atoms with van der Waals surface area (Å²) < 4.78 is 0. The van der Waals surface area contributed by atoms with Crippen LogP contribution in [0, 0.1) is 5.92 Å². The average molecular weight is 164 g/mol. The van der Waals surface area contributed by atoms with Crippen molar-refractivity contribution in [2.24, 2.45) is 5.92 Å². The Balaban J connectivity index is 2.02. The summed E-state index contributed by atoms with van der Waals surface area (Å²) in [5.74, 6) is 1.07. The van der Waals surface area contributed by atoms with E-state index in [0.29, 0.717) is 11.7 Å². The molecular weight excluding hydrogens is 148 g/mol. The molecule has 66 valence electrons. The zero-order chi connectivity index (χ0) is 8.39. The number of hydrogen-bond acceptors (Lipinski definition) is 1. The highest BCUT2D eigenvalue weighted by molar-refractivity contribution is 5.97. The molecule has 0 bridgehead atoms. The van der Waals surface area contributed by atoms with E-state index in [1.54, 1.807) is 0 Å². The lowest BCUT2D eigenvalue weighted by Crippen LogP contribution is -2.13. The van der Waals surface area contributed by atoms with Crippen LogP contribution in [0.4, 0.5) is 0 Å². The third kappa shape index (κ3) is 1.45. The molecule has 0 atom stereocenters. The molecule has 2 aliphatic rings. The molecule has 0 heterocycles. The molecule has 1 nitrogen and oxygen atoms in total. The van der Waals surface area contributed by atoms with Gasteiger partial charge in [-0.1, -0.05) is 25.3 Å². The highest BCUT2D eigenvalue weighted by Crippen LogP contribution is 2.33. The van der Waals surface area contributed by atoms with Crippen molar-refractivity contribution in [3.05, 3.63) is 11.6 Å². The predicted molar refractivity (Wildman–Crippen MR) is 48.9 cm³/mol. The van der Waals surface area contributed by atoms with Gasteiger partial charge >= 0.3 is 0 Å². The molecule has 0 aromatic carbocycles. The van der Waals surface area contributed by atoms with Gasteiger partial charge < -0.3 is 0 Å². The summed E-state index contributed by atoms with van der Waals surface area (Å²) in [7, 11) is 0. The number of allylic oxidation sites excluding steroid dienone is 2. The van der Waals surface area contributed by atoms with Crippen LogP contribution in [0.1, 0.15) is 44.9 Å². The van der Waals surface area contributed by atoms with Crippen molar-refractivity contribution >= 4 is 5.78 Å². The summed E-state index contributed by atoms with van der Waals surface area (Å²) in [5.41, 5.74) is 1.18. The van der Waals surface area contributed by atoms with Gasteiger partial charge in [-0.3, -0.25) is 4.79 Å². The number of ketones is 1. The number of Topliss-reactive ketones (excluding diaryl/α,β-unsaturated/α-hetero) is 1. The number of hydrogen-bond donors (Lipinski definition) is 0. The first-order valence-electron chi connectivity index (χ1n) is 5.11. The standard InChI is InChI=1S/C11H16O/c12-11-8-4-7-10(11)9-5-2-1-3-6-9/h7,9H,1-6,8H2. The number of carbonyl (C=O) groups is 1. The lowest BCUT2D eigenvalue weighted by molar-refractivity contribution is -0.115. The van der Waals surface area contributed by atoms with Crippen LogP contribution in [0.25, 0.3) is 0 Å². The molecule has 0 N–H and O–H groups in total. The third-order valence-electron chi connectivity index (χ3n) is 3.10. The summed E-state index contributed by atoms with van der Waals surface area (Å²) in [4.78, 5) is 11.4. The Bertz CT molecular complexity index is 209. The molecule has 2 aliphatic carbocycles. The number of rotatable bonds is 1. The lowest BCUT2D eigenvalue weighted by Gasteiger charge is -2.21. The Kier molecular flexibility index (Phi) is 2.29. The molecule has 0 aliphatic heterocycles. The fraction of sp³-hybridized carbons (Fsp3) is 0.727. The van der Waals surface area contributed by atoms with E-state index < -0.39 is 0 Å². The summed E-state index contributed by atoms with van der Waals surface area (Å²) in [6.07, 6.45) is 10.5. The Morgan fingerprint density at radius 2 is 1.92 bits per heavy atom. The van der Waals surface area contributed by atoms with E-state index >= 15 is 0 Å². The first-order chi connectivity index (χ1) is 5.88. The van der Waals surface area contributed by atoms with Gasteiger partial charge in [0.2, 0.25) is 0 Å². The SMILES string of the molecule is O=C1CCC=C1C1CCCCC1. The van der Waals surface area contributed by atoms with Crippen molar-refractivity contribution in [2.75, 3.05) is 0 Å². The smallest absolute Gasteiger partial charge is 0.159 e. The molecular formula is C11H16O.